The quantitative estimate of drug-likeness (QED) is 0.364. The van der Waals surface area contributed by atoms with Crippen LogP contribution in [0.3, 0.4) is 0 Å². The number of aromatic nitrogens is 2. The van der Waals surface area contributed by atoms with Crippen LogP contribution in [0.25, 0.3) is 0 Å². The molecule has 182 valence electrons. The lowest BCUT2D eigenvalue weighted by atomic mass is 10.0. The van der Waals surface area contributed by atoms with E-state index in [1.54, 1.807) is 12.1 Å². The number of ether oxygens (including phenoxy) is 1. The molecule has 0 fully saturated rings. The second-order valence-corrected chi connectivity index (χ2v) is 8.88. The lowest BCUT2D eigenvalue weighted by Gasteiger charge is -2.30. The molecule has 0 bridgehead atoms. The molecule has 1 aliphatic heterocycles. The van der Waals surface area contributed by atoms with Crippen LogP contribution in [0, 0.1) is 5.82 Å². The molecule has 0 spiro atoms. The number of benzene rings is 3. The van der Waals surface area contributed by atoms with Crippen LogP contribution >= 0.6 is 0 Å². The highest BCUT2D eigenvalue weighted by atomic mass is 19.1. The summed E-state index contributed by atoms with van der Waals surface area (Å²) in [6, 6.07) is 25.7. The highest BCUT2D eigenvalue weighted by Gasteiger charge is 2.27. The first kappa shape index (κ1) is 23.5. The van der Waals surface area contributed by atoms with Crippen molar-refractivity contribution >= 4 is 11.9 Å². The fraction of sp³-hybridized carbons (Fsp3) is 0.207. The molecule has 0 aliphatic carbocycles. The van der Waals surface area contributed by atoms with Crippen LogP contribution in [0.1, 0.15) is 22.4 Å². The zero-order valence-corrected chi connectivity index (χ0v) is 20.1. The minimum Gasteiger partial charge on any atom is -0.438 e. The molecule has 1 aromatic heterocycles. The maximum absolute atomic E-state index is 13.9. The van der Waals surface area contributed by atoms with Gasteiger partial charge in [-0.25, -0.2) is 9.37 Å². The number of hydrogen-bond acceptors (Lipinski definition) is 5. The number of halogens is 1. The van der Waals surface area contributed by atoms with Crippen molar-refractivity contribution in [2.75, 3.05) is 18.5 Å². The molecule has 0 unspecified atom stereocenters. The van der Waals surface area contributed by atoms with Gasteiger partial charge in [0.2, 0.25) is 17.7 Å². The molecular weight excluding hydrogens is 455 g/mol. The fourth-order valence-corrected chi connectivity index (χ4v) is 4.29. The third kappa shape index (κ3) is 5.51. The third-order valence-electron chi connectivity index (χ3n) is 6.18. The number of carbonyl (C=O) groups is 1. The van der Waals surface area contributed by atoms with E-state index in [-0.39, 0.29) is 5.91 Å². The number of anilines is 1. The van der Waals surface area contributed by atoms with Crippen molar-refractivity contribution in [2.45, 2.75) is 25.9 Å². The van der Waals surface area contributed by atoms with Gasteiger partial charge in [-0.3, -0.25) is 4.79 Å². The summed E-state index contributed by atoms with van der Waals surface area (Å²) in [4.78, 5) is 26.4. The Kier molecular flexibility index (Phi) is 6.89. The Morgan fingerprint density at radius 3 is 2.42 bits per heavy atom. The lowest BCUT2D eigenvalue weighted by Crippen LogP contribution is -2.38. The van der Waals surface area contributed by atoms with E-state index in [2.05, 4.69) is 12.1 Å². The summed E-state index contributed by atoms with van der Waals surface area (Å²) in [5, 5.41) is 0. The van der Waals surface area contributed by atoms with Crippen molar-refractivity contribution in [3.05, 3.63) is 113 Å². The van der Waals surface area contributed by atoms with E-state index in [0.717, 1.165) is 22.4 Å². The molecule has 7 heteroatoms. The summed E-state index contributed by atoms with van der Waals surface area (Å²) < 4.78 is 19.9. The van der Waals surface area contributed by atoms with E-state index in [4.69, 9.17) is 14.7 Å². The van der Waals surface area contributed by atoms with E-state index in [1.807, 2.05) is 65.4 Å². The second-order valence-electron chi connectivity index (χ2n) is 8.88. The number of nitrogens with zero attached hydrogens (tertiary/aromatic N) is 4. The fourth-order valence-electron chi connectivity index (χ4n) is 4.29. The van der Waals surface area contributed by atoms with Crippen molar-refractivity contribution in [1.29, 1.82) is 0 Å². The average Bonchev–Trinajstić information content (AvgIpc) is 2.89. The molecular formula is C29H27FN4O2. The maximum atomic E-state index is 13.9. The van der Waals surface area contributed by atoms with Crippen LogP contribution < -0.4 is 9.64 Å². The molecule has 1 aliphatic rings. The van der Waals surface area contributed by atoms with E-state index < -0.39 is 5.82 Å². The van der Waals surface area contributed by atoms with Crippen molar-refractivity contribution in [3.63, 3.8) is 0 Å². The lowest BCUT2D eigenvalue weighted by molar-refractivity contribution is -0.131. The average molecular weight is 483 g/mol. The largest absolute Gasteiger partial charge is 0.438 e. The Balaban J connectivity index is 1.44. The van der Waals surface area contributed by atoms with Crippen LogP contribution in [0.5, 0.6) is 11.6 Å². The monoisotopic (exact) mass is 482 g/mol. The smallest absolute Gasteiger partial charge is 0.229 e. The van der Waals surface area contributed by atoms with Crippen molar-refractivity contribution < 1.29 is 13.9 Å². The van der Waals surface area contributed by atoms with Crippen LogP contribution in [0.15, 0.2) is 84.9 Å². The van der Waals surface area contributed by atoms with Gasteiger partial charge in [-0.1, -0.05) is 66.7 Å². The van der Waals surface area contributed by atoms with Gasteiger partial charge in [0.1, 0.15) is 11.6 Å². The number of hydrogen-bond donors (Lipinski definition) is 0. The molecule has 3 aromatic carbocycles. The Morgan fingerprint density at radius 2 is 1.69 bits per heavy atom. The normalized spacial score (nSPS) is 12.7. The van der Waals surface area contributed by atoms with Crippen LogP contribution in [-0.2, 0) is 30.7 Å². The Bertz CT molecular complexity index is 1350. The summed E-state index contributed by atoms with van der Waals surface area (Å²) in [6.45, 7) is 1.53. The molecule has 36 heavy (non-hydrogen) atoms. The van der Waals surface area contributed by atoms with E-state index in [1.165, 1.54) is 12.1 Å². The molecule has 1 amide bonds. The Labute approximate surface area is 210 Å². The van der Waals surface area contributed by atoms with E-state index in [9.17, 15) is 9.18 Å². The first-order valence-electron chi connectivity index (χ1n) is 11.9. The molecule has 4 aromatic rings. The van der Waals surface area contributed by atoms with Crippen molar-refractivity contribution in [1.82, 2.24) is 14.9 Å². The molecule has 0 atom stereocenters. The van der Waals surface area contributed by atoms with Crippen molar-refractivity contribution in [3.8, 4) is 11.6 Å². The molecule has 0 saturated carbocycles. The van der Waals surface area contributed by atoms with Gasteiger partial charge in [-0.15, -0.1) is 0 Å². The van der Waals surface area contributed by atoms with Gasteiger partial charge in [-0.2, -0.15) is 4.98 Å². The van der Waals surface area contributed by atoms with Gasteiger partial charge in [0.15, 0.2) is 0 Å². The number of fused-ring (bicyclic) bond motifs is 1. The predicted molar refractivity (Wildman–Crippen MR) is 136 cm³/mol. The predicted octanol–water partition coefficient (Wildman–Crippen LogP) is 5.17. The highest BCUT2D eigenvalue weighted by Crippen LogP contribution is 2.32. The third-order valence-corrected chi connectivity index (χ3v) is 6.18. The molecule has 6 nitrogen and oxygen atoms in total. The van der Waals surface area contributed by atoms with Crippen LogP contribution in [0.4, 0.5) is 10.3 Å². The summed E-state index contributed by atoms with van der Waals surface area (Å²) in [6.07, 6.45) is 0.916. The molecule has 0 saturated heterocycles. The topological polar surface area (TPSA) is 58.6 Å². The van der Waals surface area contributed by atoms with Crippen molar-refractivity contribution in [2.24, 2.45) is 0 Å². The molecule has 5 rings (SSSR count). The van der Waals surface area contributed by atoms with Crippen LogP contribution in [0.2, 0.25) is 0 Å². The maximum Gasteiger partial charge on any atom is 0.229 e. The zero-order chi connectivity index (χ0) is 24.9. The minimum atomic E-state index is -0.392. The molecule has 0 N–H and O–H groups in total. The SMILES string of the molecule is CN(Cc1ccccc1)c1nc2c(c(Oc3cccc(F)c3)n1)CN(C(=O)Cc1ccccc1)CC2. The van der Waals surface area contributed by atoms with Crippen LogP contribution in [-0.4, -0.2) is 34.4 Å². The van der Waals surface area contributed by atoms with Gasteiger partial charge >= 0.3 is 0 Å². The van der Waals surface area contributed by atoms with Gasteiger partial charge in [0.25, 0.3) is 0 Å². The minimum absolute atomic E-state index is 0.0360. The van der Waals surface area contributed by atoms with E-state index in [0.29, 0.717) is 50.1 Å². The number of rotatable bonds is 7. The number of amides is 1. The highest BCUT2D eigenvalue weighted by molar-refractivity contribution is 5.79. The Morgan fingerprint density at radius 1 is 0.972 bits per heavy atom. The van der Waals surface area contributed by atoms with E-state index >= 15 is 0 Å². The first-order chi connectivity index (χ1) is 17.5. The molecule has 2 heterocycles. The van der Waals surface area contributed by atoms with Gasteiger partial charge < -0.3 is 14.5 Å². The summed E-state index contributed by atoms with van der Waals surface area (Å²) in [7, 11) is 1.93. The number of carbonyl (C=O) groups excluding carboxylic acids is 1. The molecule has 0 radical (unpaired) electrons. The summed E-state index contributed by atoms with van der Waals surface area (Å²) >= 11 is 0. The second kappa shape index (κ2) is 10.6. The van der Waals surface area contributed by atoms with Gasteiger partial charge in [0, 0.05) is 32.6 Å². The zero-order valence-electron chi connectivity index (χ0n) is 20.1. The summed E-state index contributed by atoms with van der Waals surface area (Å²) in [5.74, 6) is 0.858. The summed E-state index contributed by atoms with van der Waals surface area (Å²) in [5.41, 5.74) is 3.70. The standard InChI is InChI=1S/C29H27FN4O2/c1-33(19-22-11-6-3-7-12-22)29-31-26-15-16-34(27(35)17-21-9-4-2-5-10-21)20-25(26)28(32-29)36-24-14-8-13-23(30)18-24/h2-14,18H,15-17,19-20H2,1H3. The van der Waals surface area contributed by atoms with Gasteiger partial charge in [0.05, 0.1) is 24.2 Å². The van der Waals surface area contributed by atoms with Gasteiger partial charge in [-0.05, 0) is 23.3 Å². The first-order valence-corrected chi connectivity index (χ1v) is 11.9. The Hall–Kier alpha value is -4.26.